The first kappa shape index (κ1) is 25.3. The first-order valence-corrected chi connectivity index (χ1v) is 12.5. The highest BCUT2D eigenvalue weighted by Gasteiger charge is 2.34. The molecule has 2 aliphatic rings. The van der Waals surface area contributed by atoms with E-state index in [2.05, 4.69) is 22.7 Å². The van der Waals surface area contributed by atoms with Gasteiger partial charge in [-0.25, -0.2) is 8.78 Å². The number of carbonyl (C=O) groups is 2. The minimum atomic E-state index is -0.851. The lowest BCUT2D eigenvalue weighted by molar-refractivity contribution is -0.119. The Bertz CT molecular complexity index is 1020. The molecule has 0 spiro atoms. The van der Waals surface area contributed by atoms with Gasteiger partial charge in [-0.3, -0.25) is 9.59 Å². The number of amides is 2. The van der Waals surface area contributed by atoms with E-state index >= 15 is 0 Å². The van der Waals surface area contributed by atoms with Crippen LogP contribution in [0.15, 0.2) is 22.9 Å². The van der Waals surface area contributed by atoms with Gasteiger partial charge in [-0.15, -0.1) is 0 Å². The summed E-state index contributed by atoms with van der Waals surface area (Å²) in [5.41, 5.74) is 0.861. The monoisotopic (exact) mass is 489 g/mol. The van der Waals surface area contributed by atoms with Crippen molar-refractivity contribution in [2.75, 3.05) is 18.5 Å². The number of hydrogen-bond donors (Lipinski definition) is 2. The third kappa shape index (κ3) is 5.89. The van der Waals surface area contributed by atoms with Crippen LogP contribution in [0.5, 0.6) is 0 Å². The Balaban J connectivity index is 1.53. The van der Waals surface area contributed by atoms with Gasteiger partial charge in [0.25, 0.3) is 5.91 Å². The maximum absolute atomic E-state index is 14.9. The number of halogens is 2. The standard InChI is InChI=1S/C26H33F2N3O4/c1-3-22-19(14-35-31-22)25(32)30-24(17-6-4-15(2)5-7-17)26(33)29-18-12-20(27)23(21(28)13-18)16-8-10-34-11-9-16/h12-17,24H,3-11H2,1-2H3,(H,29,33)(H,30,32)/t15?,17?,24-/m0/s1. The fraction of sp³-hybridized carbons (Fsp3) is 0.577. The minimum absolute atomic E-state index is 0.0310. The van der Waals surface area contributed by atoms with Crippen molar-refractivity contribution in [3.8, 4) is 0 Å². The van der Waals surface area contributed by atoms with Crippen molar-refractivity contribution in [2.24, 2.45) is 11.8 Å². The van der Waals surface area contributed by atoms with Crippen molar-refractivity contribution >= 4 is 17.5 Å². The summed E-state index contributed by atoms with van der Waals surface area (Å²) in [5.74, 6) is -2.10. The lowest BCUT2D eigenvalue weighted by Gasteiger charge is -2.32. The highest BCUT2D eigenvalue weighted by molar-refractivity contribution is 6.01. The van der Waals surface area contributed by atoms with Crippen LogP contribution in [-0.4, -0.2) is 36.2 Å². The number of anilines is 1. The summed E-state index contributed by atoms with van der Waals surface area (Å²) in [6, 6.07) is 1.46. The summed E-state index contributed by atoms with van der Waals surface area (Å²) in [6.45, 7) is 4.96. The van der Waals surface area contributed by atoms with Gasteiger partial charge < -0.3 is 19.9 Å². The average molecular weight is 490 g/mol. The Labute approximate surface area is 204 Å². The van der Waals surface area contributed by atoms with Crippen molar-refractivity contribution < 1.29 is 27.6 Å². The molecule has 1 aliphatic heterocycles. The van der Waals surface area contributed by atoms with E-state index in [1.54, 1.807) is 0 Å². The van der Waals surface area contributed by atoms with Crippen LogP contribution in [0, 0.1) is 23.5 Å². The fourth-order valence-electron chi connectivity index (χ4n) is 5.19. The Morgan fingerprint density at radius 3 is 2.37 bits per heavy atom. The van der Waals surface area contributed by atoms with Gasteiger partial charge in [-0.2, -0.15) is 0 Å². The molecular formula is C26H33F2N3O4. The second kappa shape index (κ2) is 11.3. The molecule has 2 amide bonds. The molecule has 2 fully saturated rings. The van der Waals surface area contributed by atoms with Gasteiger partial charge in [0, 0.05) is 24.5 Å². The Morgan fingerprint density at radius 1 is 1.09 bits per heavy atom. The van der Waals surface area contributed by atoms with E-state index in [-0.39, 0.29) is 28.7 Å². The molecule has 7 nitrogen and oxygen atoms in total. The van der Waals surface area contributed by atoms with E-state index in [4.69, 9.17) is 9.26 Å². The van der Waals surface area contributed by atoms with Crippen LogP contribution in [0.4, 0.5) is 14.5 Å². The van der Waals surface area contributed by atoms with Crippen molar-refractivity contribution in [2.45, 2.75) is 70.8 Å². The molecule has 190 valence electrons. The lowest BCUT2D eigenvalue weighted by Crippen LogP contribution is -2.49. The molecule has 35 heavy (non-hydrogen) atoms. The largest absolute Gasteiger partial charge is 0.381 e. The number of nitrogens with one attached hydrogen (secondary N) is 2. The van der Waals surface area contributed by atoms with Crippen LogP contribution in [-0.2, 0) is 16.0 Å². The molecule has 1 aliphatic carbocycles. The van der Waals surface area contributed by atoms with Crippen molar-refractivity contribution in [3.05, 3.63) is 46.9 Å². The third-order valence-electron chi connectivity index (χ3n) is 7.30. The number of carbonyl (C=O) groups excluding carboxylic acids is 2. The van der Waals surface area contributed by atoms with Gasteiger partial charge in [0.2, 0.25) is 5.91 Å². The maximum atomic E-state index is 14.9. The van der Waals surface area contributed by atoms with Crippen molar-refractivity contribution in [1.82, 2.24) is 10.5 Å². The van der Waals surface area contributed by atoms with E-state index in [9.17, 15) is 18.4 Å². The van der Waals surface area contributed by atoms with E-state index < -0.39 is 29.5 Å². The highest BCUT2D eigenvalue weighted by Crippen LogP contribution is 2.34. The summed E-state index contributed by atoms with van der Waals surface area (Å²) in [5, 5.41) is 9.32. The van der Waals surface area contributed by atoms with Gasteiger partial charge >= 0.3 is 0 Å². The zero-order valence-corrected chi connectivity index (χ0v) is 20.2. The third-order valence-corrected chi connectivity index (χ3v) is 7.30. The Morgan fingerprint density at radius 2 is 1.74 bits per heavy atom. The van der Waals surface area contributed by atoms with Crippen LogP contribution < -0.4 is 10.6 Å². The molecule has 2 aromatic rings. The summed E-state index contributed by atoms with van der Waals surface area (Å²) in [7, 11) is 0. The van der Waals surface area contributed by atoms with Crippen molar-refractivity contribution in [1.29, 1.82) is 0 Å². The van der Waals surface area contributed by atoms with Gasteiger partial charge in [-0.05, 0) is 62.0 Å². The molecule has 0 unspecified atom stereocenters. The van der Waals surface area contributed by atoms with E-state index in [1.165, 1.54) is 6.26 Å². The van der Waals surface area contributed by atoms with Crippen LogP contribution in [0.25, 0.3) is 0 Å². The molecular weight excluding hydrogens is 456 g/mol. The van der Waals surface area contributed by atoms with Crippen LogP contribution in [0.3, 0.4) is 0 Å². The molecule has 0 radical (unpaired) electrons. The van der Waals surface area contributed by atoms with E-state index in [1.807, 2.05) is 6.92 Å². The molecule has 1 saturated carbocycles. The summed E-state index contributed by atoms with van der Waals surface area (Å²) >= 11 is 0. The predicted molar refractivity (Wildman–Crippen MR) is 126 cm³/mol. The number of benzene rings is 1. The smallest absolute Gasteiger partial charge is 0.257 e. The molecule has 2 N–H and O–H groups in total. The zero-order chi connectivity index (χ0) is 24.9. The first-order valence-electron chi connectivity index (χ1n) is 12.5. The van der Waals surface area contributed by atoms with Gasteiger partial charge in [0.05, 0.1) is 5.69 Å². The second-order valence-electron chi connectivity index (χ2n) is 9.73. The van der Waals surface area contributed by atoms with E-state index in [0.717, 1.165) is 37.8 Å². The number of hydrogen-bond acceptors (Lipinski definition) is 5. The number of nitrogens with zero attached hydrogens (tertiary/aromatic N) is 1. The number of aryl methyl sites for hydroxylation is 1. The summed E-state index contributed by atoms with van der Waals surface area (Å²) < 4.78 is 40.0. The van der Waals surface area contributed by atoms with Crippen LogP contribution in [0.2, 0.25) is 0 Å². The molecule has 1 atom stereocenters. The molecule has 4 rings (SSSR count). The SMILES string of the molecule is CCc1nocc1C(=O)N[C@H](C(=O)Nc1cc(F)c(C2CCOCC2)c(F)c1)C1CCC(C)CC1. The Kier molecular flexibility index (Phi) is 8.15. The van der Waals surface area contributed by atoms with Crippen molar-refractivity contribution in [3.63, 3.8) is 0 Å². The number of aromatic nitrogens is 1. The Hall–Kier alpha value is -2.81. The summed E-state index contributed by atoms with van der Waals surface area (Å²) in [6.07, 6.45) is 6.32. The first-order chi connectivity index (χ1) is 16.9. The maximum Gasteiger partial charge on any atom is 0.257 e. The molecule has 9 heteroatoms. The molecule has 0 bridgehead atoms. The second-order valence-corrected chi connectivity index (χ2v) is 9.73. The average Bonchev–Trinajstić information content (AvgIpc) is 3.32. The predicted octanol–water partition coefficient (Wildman–Crippen LogP) is 4.97. The van der Waals surface area contributed by atoms with Gasteiger partial charge in [0.1, 0.15) is 29.5 Å². The fourth-order valence-corrected chi connectivity index (χ4v) is 5.19. The zero-order valence-electron chi connectivity index (χ0n) is 20.2. The topological polar surface area (TPSA) is 93.5 Å². The number of rotatable bonds is 7. The van der Waals surface area contributed by atoms with Gasteiger partial charge in [0.15, 0.2) is 0 Å². The molecule has 1 aromatic carbocycles. The van der Waals surface area contributed by atoms with Crippen LogP contribution in [0.1, 0.15) is 79.9 Å². The quantitative estimate of drug-likeness (QED) is 0.573. The lowest BCUT2D eigenvalue weighted by atomic mass is 9.79. The molecule has 1 aromatic heterocycles. The molecule has 1 saturated heterocycles. The normalized spacial score (nSPS) is 21.9. The van der Waals surface area contributed by atoms with Crippen LogP contribution >= 0.6 is 0 Å². The number of ether oxygens (including phenoxy) is 1. The van der Waals surface area contributed by atoms with E-state index in [0.29, 0.717) is 44.1 Å². The minimum Gasteiger partial charge on any atom is -0.381 e. The molecule has 2 heterocycles. The van der Waals surface area contributed by atoms with Gasteiger partial charge in [-0.1, -0.05) is 31.8 Å². The summed E-state index contributed by atoms with van der Waals surface area (Å²) in [4.78, 5) is 26.3. The highest BCUT2D eigenvalue weighted by atomic mass is 19.1.